The Bertz CT molecular complexity index is 604. The molecule has 1 aromatic rings. The molecule has 2 N–H and O–H groups in total. The molecule has 0 amide bonds. The van der Waals surface area contributed by atoms with Crippen molar-refractivity contribution < 1.29 is 8.42 Å². The number of likely N-dealkylation sites (N-methyl/N-ethyl adjacent to an activating group) is 1. The van der Waals surface area contributed by atoms with Crippen LogP contribution in [0.4, 0.5) is 5.69 Å². The average Bonchev–Trinajstić information content (AvgIpc) is 2.58. The molecule has 0 aliphatic carbocycles. The highest BCUT2D eigenvalue weighted by atomic mass is 35.5. The molecule has 0 radical (unpaired) electrons. The summed E-state index contributed by atoms with van der Waals surface area (Å²) in [6.07, 6.45) is 0.824. The van der Waals surface area contributed by atoms with Crippen molar-refractivity contribution in [1.82, 2.24) is 9.21 Å². The molecule has 1 saturated heterocycles. The van der Waals surface area contributed by atoms with Gasteiger partial charge >= 0.3 is 0 Å². The first-order valence-corrected chi connectivity index (χ1v) is 8.38. The smallest absolute Gasteiger partial charge is 0.243 e. The quantitative estimate of drug-likeness (QED) is 0.841. The minimum Gasteiger partial charge on any atom is -0.398 e. The Morgan fingerprint density at radius 1 is 1.20 bits per heavy atom. The number of nitrogen functional groups attached to an aromatic ring is 1. The monoisotopic (exact) mass is 317 g/mol. The summed E-state index contributed by atoms with van der Waals surface area (Å²) in [6.45, 7) is 4.36. The van der Waals surface area contributed by atoms with E-state index in [0.29, 0.717) is 29.4 Å². The van der Waals surface area contributed by atoms with Crippen LogP contribution in [-0.4, -0.2) is 50.8 Å². The van der Waals surface area contributed by atoms with Gasteiger partial charge in [-0.15, -0.1) is 0 Å². The van der Waals surface area contributed by atoms with E-state index in [9.17, 15) is 8.42 Å². The Labute approximate surface area is 125 Å². The molecule has 0 atom stereocenters. The summed E-state index contributed by atoms with van der Waals surface area (Å²) in [4.78, 5) is 2.35. The molecule has 1 heterocycles. The summed E-state index contributed by atoms with van der Waals surface area (Å²) in [6, 6.07) is 3.06. The maximum atomic E-state index is 12.8. The minimum absolute atomic E-state index is 0.215. The zero-order chi connectivity index (χ0) is 14.9. The summed E-state index contributed by atoms with van der Waals surface area (Å²) < 4.78 is 27.1. The molecule has 112 valence electrons. The van der Waals surface area contributed by atoms with Crippen molar-refractivity contribution in [3.63, 3.8) is 0 Å². The topological polar surface area (TPSA) is 66.6 Å². The summed E-state index contributed by atoms with van der Waals surface area (Å²) >= 11 is 5.95. The predicted molar refractivity (Wildman–Crippen MR) is 81.5 cm³/mol. The number of hydrogen-bond donors (Lipinski definition) is 1. The SMILES string of the molecule is Cc1c(N)cc(Cl)cc1S(=O)(=O)N1CCCN(C)CC1. The molecule has 0 aromatic heterocycles. The second-order valence-corrected chi connectivity index (χ2v) is 7.52. The zero-order valence-electron chi connectivity index (χ0n) is 11.8. The van der Waals surface area contributed by atoms with Gasteiger partial charge in [0.05, 0.1) is 4.90 Å². The maximum absolute atomic E-state index is 12.8. The Morgan fingerprint density at radius 2 is 1.90 bits per heavy atom. The van der Waals surface area contributed by atoms with Gasteiger partial charge in [-0.2, -0.15) is 4.31 Å². The average molecular weight is 318 g/mol. The molecule has 0 bridgehead atoms. The number of nitrogens with zero attached hydrogens (tertiary/aromatic N) is 2. The van der Waals surface area contributed by atoms with Gasteiger partial charge in [0, 0.05) is 30.3 Å². The van der Waals surface area contributed by atoms with E-state index in [4.69, 9.17) is 17.3 Å². The zero-order valence-corrected chi connectivity index (χ0v) is 13.3. The van der Waals surface area contributed by atoms with E-state index in [-0.39, 0.29) is 4.90 Å². The second-order valence-electron chi connectivity index (χ2n) is 5.18. The lowest BCUT2D eigenvalue weighted by atomic mass is 10.2. The molecular formula is C13H20ClN3O2S. The van der Waals surface area contributed by atoms with Gasteiger partial charge in [-0.1, -0.05) is 11.6 Å². The molecule has 5 nitrogen and oxygen atoms in total. The molecule has 2 rings (SSSR count). The highest BCUT2D eigenvalue weighted by molar-refractivity contribution is 7.89. The standard InChI is InChI=1S/C13H20ClN3O2S/c1-10-12(15)8-11(14)9-13(10)20(18,19)17-5-3-4-16(2)6-7-17/h8-9H,3-7,15H2,1-2H3. The fraction of sp³-hybridized carbons (Fsp3) is 0.538. The van der Waals surface area contributed by atoms with Crippen molar-refractivity contribution in [2.24, 2.45) is 0 Å². The number of hydrogen-bond acceptors (Lipinski definition) is 4. The van der Waals surface area contributed by atoms with E-state index in [2.05, 4.69) is 4.90 Å². The van der Waals surface area contributed by atoms with Crippen LogP contribution in [0.3, 0.4) is 0 Å². The minimum atomic E-state index is -3.54. The van der Waals surface area contributed by atoms with Crippen LogP contribution in [0.5, 0.6) is 0 Å². The Morgan fingerprint density at radius 3 is 2.60 bits per heavy atom. The molecule has 1 aliphatic heterocycles. The lowest BCUT2D eigenvalue weighted by Crippen LogP contribution is -2.35. The van der Waals surface area contributed by atoms with E-state index in [1.807, 2.05) is 7.05 Å². The summed E-state index contributed by atoms with van der Waals surface area (Å²) in [5.74, 6) is 0. The number of nitrogens with two attached hydrogens (primary N) is 1. The Hall–Kier alpha value is -0.820. The third-order valence-electron chi connectivity index (χ3n) is 3.66. The van der Waals surface area contributed by atoms with Crippen LogP contribution in [-0.2, 0) is 10.0 Å². The summed E-state index contributed by atoms with van der Waals surface area (Å²) in [5.41, 5.74) is 6.79. The van der Waals surface area contributed by atoms with Gasteiger partial charge in [-0.25, -0.2) is 8.42 Å². The van der Waals surface area contributed by atoms with Gasteiger partial charge in [-0.05, 0) is 44.6 Å². The third-order valence-corrected chi connectivity index (χ3v) is 5.90. The van der Waals surface area contributed by atoms with Crippen LogP contribution in [0, 0.1) is 6.92 Å². The highest BCUT2D eigenvalue weighted by Gasteiger charge is 2.28. The lowest BCUT2D eigenvalue weighted by Gasteiger charge is -2.22. The van der Waals surface area contributed by atoms with Crippen molar-refractivity contribution in [1.29, 1.82) is 0 Å². The van der Waals surface area contributed by atoms with Gasteiger partial charge in [0.25, 0.3) is 0 Å². The molecule has 0 spiro atoms. The van der Waals surface area contributed by atoms with Crippen molar-refractivity contribution in [3.05, 3.63) is 22.7 Å². The normalized spacial score (nSPS) is 18.9. The van der Waals surface area contributed by atoms with Crippen LogP contribution < -0.4 is 5.73 Å². The molecule has 1 aliphatic rings. The van der Waals surface area contributed by atoms with Crippen LogP contribution >= 0.6 is 11.6 Å². The second kappa shape index (κ2) is 5.89. The predicted octanol–water partition coefficient (Wildman–Crippen LogP) is 1.56. The van der Waals surface area contributed by atoms with E-state index in [1.54, 1.807) is 13.0 Å². The fourth-order valence-electron chi connectivity index (χ4n) is 2.34. The van der Waals surface area contributed by atoms with E-state index >= 15 is 0 Å². The number of rotatable bonds is 2. The first kappa shape index (κ1) is 15.6. The van der Waals surface area contributed by atoms with Crippen LogP contribution in [0.1, 0.15) is 12.0 Å². The largest absolute Gasteiger partial charge is 0.398 e. The van der Waals surface area contributed by atoms with Crippen molar-refractivity contribution in [3.8, 4) is 0 Å². The Kier molecular flexibility index (Phi) is 4.59. The van der Waals surface area contributed by atoms with Gasteiger partial charge in [0.1, 0.15) is 0 Å². The molecule has 0 saturated carbocycles. The van der Waals surface area contributed by atoms with Crippen molar-refractivity contribution in [2.75, 3.05) is 39.0 Å². The van der Waals surface area contributed by atoms with Gasteiger partial charge < -0.3 is 10.6 Å². The third kappa shape index (κ3) is 3.09. The number of sulfonamides is 1. The van der Waals surface area contributed by atoms with Crippen LogP contribution in [0.25, 0.3) is 0 Å². The van der Waals surface area contributed by atoms with Crippen molar-refractivity contribution >= 4 is 27.3 Å². The fourth-order valence-corrected chi connectivity index (χ4v) is 4.39. The highest BCUT2D eigenvalue weighted by Crippen LogP contribution is 2.28. The van der Waals surface area contributed by atoms with Crippen LogP contribution in [0.2, 0.25) is 5.02 Å². The first-order valence-electron chi connectivity index (χ1n) is 6.56. The van der Waals surface area contributed by atoms with Crippen molar-refractivity contribution in [2.45, 2.75) is 18.2 Å². The number of halogens is 1. The van der Waals surface area contributed by atoms with Crippen LogP contribution in [0.15, 0.2) is 17.0 Å². The Balaban J connectivity index is 2.40. The molecule has 1 fully saturated rings. The number of benzene rings is 1. The van der Waals surface area contributed by atoms with Gasteiger partial charge in [0.2, 0.25) is 10.0 Å². The number of anilines is 1. The van der Waals surface area contributed by atoms with E-state index in [0.717, 1.165) is 19.5 Å². The molecule has 0 unspecified atom stereocenters. The molecule has 20 heavy (non-hydrogen) atoms. The lowest BCUT2D eigenvalue weighted by molar-refractivity contribution is 0.347. The molecular weight excluding hydrogens is 298 g/mol. The molecule has 1 aromatic carbocycles. The van der Waals surface area contributed by atoms with E-state index in [1.165, 1.54) is 10.4 Å². The van der Waals surface area contributed by atoms with Gasteiger partial charge in [0.15, 0.2) is 0 Å². The van der Waals surface area contributed by atoms with Gasteiger partial charge in [-0.3, -0.25) is 0 Å². The maximum Gasteiger partial charge on any atom is 0.243 e. The molecule has 7 heteroatoms. The summed E-state index contributed by atoms with van der Waals surface area (Å²) in [7, 11) is -1.54. The van der Waals surface area contributed by atoms with E-state index < -0.39 is 10.0 Å². The summed E-state index contributed by atoms with van der Waals surface area (Å²) in [5, 5.41) is 0.346. The first-order chi connectivity index (χ1) is 9.32.